The van der Waals surface area contributed by atoms with Crippen LogP contribution in [0.3, 0.4) is 0 Å². The van der Waals surface area contributed by atoms with Gasteiger partial charge in [0.15, 0.2) is 9.84 Å². The topological polar surface area (TPSA) is 84.5 Å². The van der Waals surface area contributed by atoms with Crippen molar-refractivity contribution in [1.29, 1.82) is 0 Å². The minimum Gasteiger partial charge on any atom is -0.368 e. The van der Waals surface area contributed by atoms with Crippen LogP contribution in [0.4, 0.5) is 5.69 Å². The summed E-state index contributed by atoms with van der Waals surface area (Å²) in [6.45, 7) is 1.43. The lowest BCUT2D eigenvalue weighted by atomic mass is 9.91. The number of sulfone groups is 1. The number of ether oxygens (including phenoxy) is 1. The Morgan fingerprint density at radius 1 is 1.32 bits per heavy atom. The Labute approximate surface area is 136 Å². The van der Waals surface area contributed by atoms with Crippen molar-refractivity contribution >= 4 is 33.8 Å². The normalized spacial score (nSPS) is 17.4. The lowest BCUT2D eigenvalue weighted by Gasteiger charge is -2.34. The summed E-state index contributed by atoms with van der Waals surface area (Å²) in [7, 11) is -1.77. The minimum atomic E-state index is -3.30. The molecular weight excluding hydrogens is 328 g/mol. The largest absolute Gasteiger partial charge is 0.368 e. The molecule has 8 heteroatoms. The van der Waals surface area contributed by atoms with Crippen molar-refractivity contribution in [1.82, 2.24) is 5.32 Å². The SMILES string of the molecule is COC1(C(=O)Nc2cccc(S(C)(=O)=O)c2)CCNCC1.Cl. The van der Waals surface area contributed by atoms with Crippen molar-refractivity contribution < 1.29 is 17.9 Å². The molecule has 1 saturated heterocycles. The average Bonchev–Trinajstić information content (AvgIpc) is 2.47. The lowest BCUT2D eigenvalue weighted by Crippen LogP contribution is -2.51. The Morgan fingerprint density at radius 2 is 1.95 bits per heavy atom. The fraction of sp³-hybridized carbons (Fsp3) is 0.500. The fourth-order valence-electron chi connectivity index (χ4n) is 2.40. The number of methoxy groups -OCH3 is 1. The molecule has 124 valence electrons. The molecule has 0 aliphatic carbocycles. The van der Waals surface area contributed by atoms with Gasteiger partial charge in [-0.15, -0.1) is 12.4 Å². The molecule has 2 rings (SSSR count). The van der Waals surface area contributed by atoms with Crippen molar-refractivity contribution in [2.45, 2.75) is 23.3 Å². The van der Waals surface area contributed by atoms with E-state index in [0.717, 1.165) is 6.26 Å². The molecule has 0 unspecified atom stereocenters. The number of rotatable bonds is 4. The molecule has 0 spiro atoms. The zero-order chi connectivity index (χ0) is 15.5. The molecule has 0 atom stereocenters. The highest BCUT2D eigenvalue weighted by Gasteiger charge is 2.39. The van der Waals surface area contributed by atoms with E-state index in [2.05, 4.69) is 10.6 Å². The van der Waals surface area contributed by atoms with Gasteiger partial charge in [-0.25, -0.2) is 8.42 Å². The van der Waals surface area contributed by atoms with E-state index in [4.69, 9.17) is 4.74 Å². The maximum absolute atomic E-state index is 12.5. The first-order chi connectivity index (χ1) is 9.87. The standard InChI is InChI=1S/C14H20N2O4S.ClH/c1-20-14(6-8-15-9-7-14)13(17)16-11-4-3-5-12(10-11)21(2,18)19;/h3-5,10,15H,6-9H2,1-2H3,(H,16,17);1H. The van der Waals surface area contributed by atoms with E-state index in [1.54, 1.807) is 12.1 Å². The zero-order valence-corrected chi connectivity index (χ0v) is 14.2. The summed E-state index contributed by atoms with van der Waals surface area (Å²) in [4.78, 5) is 12.6. The average molecular weight is 349 g/mol. The van der Waals surface area contributed by atoms with Gasteiger partial charge in [0.2, 0.25) is 0 Å². The number of carbonyl (C=O) groups is 1. The quantitative estimate of drug-likeness (QED) is 0.854. The van der Waals surface area contributed by atoms with Crippen LogP contribution in [0, 0.1) is 0 Å². The molecule has 0 aromatic heterocycles. The maximum atomic E-state index is 12.5. The third-order valence-corrected chi connectivity index (χ3v) is 4.85. The maximum Gasteiger partial charge on any atom is 0.256 e. The molecule has 1 amide bonds. The van der Waals surface area contributed by atoms with Gasteiger partial charge in [0.1, 0.15) is 5.60 Å². The number of hydrogen-bond donors (Lipinski definition) is 2. The molecule has 0 bridgehead atoms. The van der Waals surface area contributed by atoms with Crippen LogP contribution in [0.2, 0.25) is 0 Å². The smallest absolute Gasteiger partial charge is 0.256 e. The highest BCUT2D eigenvalue weighted by molar-refractivity contribution is 7.90. The number of hydrogen-bond acceptors (Lipinski definition) is 5. The van der Waals surface area contributed by atoms with Crippen LogP contribution in [0.5, 0.6) is 0 Å². The van der Waals surface area contributed by atoms with Crippen LogP contribution in [0.25, 0.3) is 0 Å². The molecule has 22 heavy (non-hydrogen) atoms. The summed E-state index contributed by atoms with van der Waals surface area (Å²) in [6, 6.07) is 6.23. The summed E-state index contributed by atoms with van der Waals surface area (Å²) in [6.07, 6.45) is 2.31. The van der Waals surface area contributed by atoms with Crippen molar-refractivity contribution in [2.75, 3.05) is 31.8 Å². The molecule has 6 nitrogen and oxygen atoms in total. The summed E-state index contributed by atoms with van der Waals surface area (Å²) >= 11 is 0. The highest BCUT2D eigenvalue weighted by atomic mass is 35.5. The fourth-order valence-corrected chi connectivity index (χ4v) is 3.07. The number of nitrogens with one attached hydrogen (secondary N) is 2. The van der Waals surface area contributed by atoms with Crippen LogP contribution in [-0.2, 0) is 19.4 Å². The van der Waals surface area contributed by atoms with E-state index in [0.29, 0.717) is 31.6 Å². The van der Waals surface area contributed by atoms with Crippen molar-refractivity contribution in [3.05, 3.63) is 24.3 Å². The highest BCUT2D eigenvalue weighted by Crippen LogP contribution is 2.25. The first-order valence-electron chi connectivity index (χ1n) is 6.75. The molecule has 0 radical (unpaired) electrons. The number of carbonyl (C=O) groups excluding carboxylic acids is 1. The number of anilines is 1. The molecule has 1 heterocycles. The molecule has 1 aromatic carbocycles. The third-order valence-electron chi connectivity index (χ3n) is 3.74. The Kier molecular flexibility index (Phi) is 6.37. The Hall–Kier alpha value is -1.15. The van der Waals surface area contributed by atoms with E-state index < -0.39 is 15.4 Å². The van der Waals surface area contributed by atoms with Gasteiger partial charge < -0.3 is 15.4 Å². The van der Waals surface area contributed by atoms with Crippen LogP contribution in [-0.4, -0.2) is 46.4 Å². The Balaban J connectivity index is 0.00000242. The number of halogens is 1. The van der Waals surface area contributed by atoms with E-state index in [-0.39, 0.29) is 23.2 Å². The molecule has 2 N–H and O–H groups in total. The van der Waals surface area contributed by atoms with Gasteiger partial charge in [0, 0.05) is 19.1 Å². The van der Waals surface area contributed by atoms with Crippen molar-refractivity contribution in [3.8, 4) is 0 Å². The first kappa shape index (κ1) is 18.9. The van der Waals surface area contributed by atoms with E-state index in [1.165, 1.54) is 19.2 Å². The summed E-state index contributed by atoms with van der Waals surface area (Å²) in [5.74, 6) is -0.239. The van der Waals surface area contributed by atoms with Gasteiger partial charge in [-0.2, -0.15) is 0 Å². The van der Waals surface area contributed by atoms with Crippen LogP contribution >= 0.6 is 12.4 Å². The summed E-state index contributed by atoms with van der Waals surface area (Å²) in [5.41, 5.74) is -0.398. The van der Waals surface area contributed by atoms with E-state index >= 15 is 0 Å². The van der Waals surface area contributed by atoms with Gasteiger partial charge in [-0.05, 0) is 44.1 Å². The lowest BCUT2D eigenvalue weighted by molar-refractivity contribution is -0.140. The minimum absolute atomic E-state index is 0. The Morgan fingerprint density at radius 3 is 2.50 bits per heavy atom. The summed E-state index contributed by atoms with van der Waals surface area (Å²) < 4.78 is 28.5. The summed E-state index contributed by atoms with van der Waals surface area (Å²) in [5, 5.41) is 5.94. The predicted octanol–water partition coefficient (Wildman–Crippen LogP) is 1.22. The van der Waals surface area contributed by atoms with Gasteiger partial charge in [0.05, 0.1) is 4.90 Å². The predicted molar refractivity (Wildman–Crippen MR) is 87.3 cm³/mol. The number of piperidine rings is 1. The Bertz CT molecular complexity index is 627. The molecule has 1 aromatic rings. The molecule has 0 saturated carbocycles. The number of amides is 1. The molecule has 1 aliphatic heterocycles. The van der Waals surface area contributed by atoms with Crippen LogP contribution < -0.4 is 10.6 Å². The van der Waals surface area contributed by atoms with Gasteiger partial charge in [-0.3, -0.25) is 4.79 Å². The van der Waals surface area contributed by atoms with E-state index in [1.807, 2.05) is 0 Å². The van der Waals surface area contributed by atoms with E-state index in [9.17, 15) is 13.2 Å². The second-order valence-electron chi connectivity index (χ2n) is 5.20. The van der Waals surface area contributed by atoms with Gasteiger partial charge >= 0.3 is 0 Å². The monoisotopic (exact) mass is 348 g/mol. The second-order valence-corrected chi connectivity index (χ2v) is 7.22. The van der Waals surface area contributed by atoms with Crippen molar-refractivity contribution in [3.63, 3.8) is 0 Å². The third kappa shape index (κ3) is 4.19. The molecule has 1 aliphatic rings. The first-order valence-corrected chi connectivity index (χ1v) is 8.64. The zero-order valence-electron chi connectivity index (χ0n) is 12.6. The van der Waals surface area contributed by atoms with Crippen LogP contribution in [0.1, 0.15) is 12.8 Å². The number of benzene rings is 1. The second kappa shape index (κ2) is 7.41. The molecular formula is C14H21ClN2O4S. The van der Waals surface area contributed by atoms with Crippen molar-refractivity contribution in [2.24, 2.45) is 0 Å². The molecule has 1 fully saturated rings. The van der Waals surface area contributed by atoms with Gasteiger partial charge in [-0.1, -0.05) is 6.07 Å². The van der Waals surface area contributed by atoms with Crippen LogP contribution in [0.15, 0.2) is 29.2 Å². The van der Waals surface area contributed by atoms with Gasteiger partial charge in [0.25, 0.3) is 5.91 Å².